The normalized spacial score (nSPS) is 12.2. The number of pyridine rings is 1. The molecule has 4 nitrogen and oxygen atoms in total. The number of hydrogen-bond donors (Lipinski definition) is 2. The molecule has 2 heterocycles. The molecule has 17 heavy (non-hydrogen) atoms. The molecule has 0 radical (unpaired) electrons. The Hall–Kier alpha value is -1.63. The van der Waals surface area contributed by atoms with E-state index < -0.39 is 12.7 Å². The highest BCUT2D eigenvalue weighted by Gasteiger charge is 2.26. The molecule has 0 atom stereocenters. The summed E-state index contributed by atoms with van der Waals surface area (Å²) in [4.78, 5) is 11.1. The van der Waals surface area contributed by atoms with Gasteiger partial charge in [-0.05, 0) is 18.6 Å². The highest BCUT2D eigenvalue weighted by Crippen LogP contribution is 2.14. The summed E-state index contributed by atoms with van der Waals surface area (Å²) in [6.07, 6.45) is -2.59. The fourth-order valence-corrected chi connectivity index (χ4v) is 1.49. The molecule has 0 spiro atoms. The molecule has 7 heteroatoms. The lowest BCUT2D eigenvalue weighted by Gasteiger charge is -2.05. The molecule has 0 aromatic carbocycles. The van der Waals surface area contributed by atoms with Crippen molar-refractivity contribution in [2.75, 3.05) is 6.54 Å². The van der Waals surface area contributed by atoms with Crippen LogP contribution in [0.4, 0.5) is 13.2 Å². The quantitative estimate of drug-likeness (QED) is 0.867. The Morgan fingerprint density at radius 3 is 2.82 bits per heavy atom. The molecule has 0 saturated heterocycles. The van der Waals surface area contributed by atoms with Crippen LogP contribution >= 0.6 is 0 Å². The van der Waals surface area contributed by atoms with Crippen LogP contribution in [-0.4, -0.2) is 27.7 Å². The molecule has 92 valence electrons. The third-order valence-corrected chi connectivity index (χ3v) is 2.27. The van der Waals surface area contributed by atoms with Crippen LogP contribution in [0.25, 0.3) is 11.2 Å². The van der Waals surface area contributed by atoms with Crippen LogP contribution in [-0.2, 0) is 6.54 Å². The number of alkyl halides is 3. The summed E-state index contributed by atoms with van der Waals surface area (Å²) >= 11 is 0. The van der Waals surface area contributed by atoms with E-state index in [9.17, 15) is 13.2 Å². The Morgan fingerprint density at radius 2 is 2.18 bits per heavy atom. The van der Waals surface area contributed by atoms with Crippen molar-refractivity contribution in [2.45, 2.75) is 19.6 Å². The summed E-state index contributed by atoms with van der Waals surface area (Å²) in [6.45, 7) is 0.890. The van der Waals surface area contributed by atoms with Crippen LogP contribution in [0.1, 0.15) is 11.4 Å². The molecule has 0 aliphatic heterocycles. The SMILES string of the molecule is Cc1ccnc2nc(CNCC(F)(F)F)[nH]c12. The van der Waals surface area contributed by atoms with Crippen molar-refractivity contribution < 1.29 is 13.2 Å². The Balaban J connectivity index is 2.07. The standard InChI is InChI=1S/C10H11F3N4/c1-6-2-3-15-9-8(6)16-7(17-9)4-14-5-10(11,12)13/h2-3,14H,4-5H2,1H3,(H,15,16,17). The summed E-state index contributed by atoms with van der Waals surface area (Å²) in [7, 11) is 0. The first kappa shape index (κ1) is 11.8. The smallest absolute Gasteiger partial charge is 0.339 e. The summed E-state index contributed by atoms with van der Waals surface area (Å²) in [6, 6.07) is 1.81. The molecule has 0 aliphatic rings. The lowest BCUT2D eigenvalue weighted by atomic mass is 10.3. The predicted octanol–water partition coefficient (Wildman–Crippen LogP) is 1.92. The van der Waals surface area contributed by atoms with Crippen molar-refractivity contribution >= 4 is 11.2 Å². The molecule has 0 unspecified atom stereocenters. The van der Waals surface area contributed by atoms with E-state index in [1.807, 2.05) is 13.0 Å². The second-order valence-electron chi connectivity index (χ2n) is 3.73. The molecule has 0 saturated carbocycles. The molecular weight excluding hydrogens is 233 g/mol. The van der Waals surface area contributed by atoms with Gasteiger partial charge in [0.05, 0.1) is 18.6 Å². The summed E-state index contributed by atoms with van der Waals surface area (Å²) in [5.41, 5.74) is 2.25. The maximum absolute atomic E-state index is 11.9. The maximum Gasteiger partial charge on any atom is 0.401 e. The van der Waals surface area contributed by atoms with Gasteiger partial charge in [-0.3, -0.25) is 0 Å². The predicted molar refractivity (Wildman–Crippen MR) is 56.4 cm³/mol. The average molecular weight is 244 g/mol. The zero-order valence-corrected chi connectivity index (χ0v) is 9.10. The van der Waals surface area contributed by atoms with Crippen LogP contribution in [0, 0.1) is 6.92 Å². The number of halogens is 3. The first-order chi connectivity index (χ1) is 7.96. The Labute approximate surface area is 95.3 Å². The fraction of sp³-hybridized carbons (Fsp3) is 0.400. The van der Waals surface area contributed by atoms with Gasteiger partial charge in [0.15, 0.2) is 5.65 Å². The van der Waals surface area contributed by atoms with Gasteiger partial charge in [0.25, 0.3) is 0 Å². The molecule has 2 rings (SSSR count). The van der Waals surface area contributed by atoms with E-state index in [0.717, 1.165) is 11.1 Å². The van der Waals surface area contributed by atoms with E-state index in [4.69, 9.17) is 0 Å². The monoisotopic (exact) mass is 244 g/mol. The van der Waals surface area contributed by atoms with Gasteiger partial charge in [0.2, 0.25) is 0 Å². The van der Waals surface area contributed by atoms with E-state index in [2.05, 4.69) is 20.3 Å². The number of hydrogen-bond acceptors (Lipinski definition) is 3. The van der Waals surface area contributed by atoms with Crippen molar-refractivity contribution in [3.63, 3.8) is 0 Å². The minimum absolute atomic E-state index is 0.0370. The molecule has 2 aromatic heterocycles. The van der Waals surface area contributed by atoms with Crippen LogP contribution in [0.3, 0.4) is 0 Å². The fourth-order valence-electron chi connectivity index (χ4n) is 1.49. The van der Waals surface area contributed by atoms with Gasteiger partial charge in [-0.15, -0.1) is 0 Å². The number of aromatic amines is 1. The number of nitrogens with one attached hydrogen (secondary N) is 2. The lowest BCUT2D eigenvalue weighted by Crippen LogP contribution is -2.28. The van der Waals surface area contributed by atoms with Crippen molar-refractivity contribution in [2.24, 2.45) is 0 Å². The van der Waals surface area contributed by atoms with Gasteiger partial charge in [0, 0.05) is 6.20 Å². The summed E-state index contributed by atoms with van der Waals surface area (Å²) in [5, 5.41) is 2.28. The van der Waals surface area contributed by atoms with Crippen molar-refractivity contribution in [3.8, 4) is 0 Å². The third-order valence-electron chi connectivity index (χ3n) is 2.27. The topological polar surface area (TPSA) is 53.6 Å². The molecule has 0 bridgehead atoms. The Morgan fingerprint density at radius 1 is 1.41 bits per heavy atom. The van der Waals surface area contributed by atoms with E-state index in [1.54, 1.807) is 6.20 Å². The zero-order valence-electron chi connectivity index (χ0n) is 9.10. The summed E-state index contributed by atoms with van der Waals surface area (Å²) in [5.74, 6) is 0.450. The van der Waals surface area contributed by atoms with Gasteiger partial charge >= 0.3 is 6.18 Å². The van der Waals surface area contributed by atoms with Crippen LogP contribution in [0.2, 0.25) is 0 Å². The first-order valence-corrected chi connectivity index (χ1v) is 5.03. The van der Waals surface area contributed by atoms with Gasteiger partial charge in [0.1, 0.15) is 5.82 Å². The second kappa shape index (κ2) is 4.33. The maximum atomic E-state index is 11.9. The number of nitrogens with zero attached hydrogens (tertiary/aromatic N) is 2. The van der Waals surface area contributed by atoms with E-state index in [-0.39, 0.29) is 6.54 Å². The van der Waals surface area contributed by atoms with E-state index in [1.165, 1.54) is 0 Å². The van der Waals surface area contributed by atoms with Gasteiger partial charge < -0.3 is 10.3 Å². The van der Waals surface area contributed by atoms with Crippen molar-refractivity contribution in [1.82, 2.24) is 20.3 Å². The molecule has 0 amide bonds. The number of imidazole rings is 1. The highest BCUT2D eigenvalue weighted by atomic mass is 19.4. The number of H-pyrrole nitrogens is 1. The van der Waals surface area contributed by atoms with E-state index >= 15 is 0 Å². The van der Waals surface area contributed by atoms with E-state index in [0.29, 0.717) is 11.5 Å². The first-order valence-electron chi connectivity index (χ1n) is 5.03. The molecule has 2 N–H and O–H groups in total. The van der Waals surface area contributed by atoms with Crippen LogP contribution in [0.5, 0.6) is 0 Å². The minimum atomic E-state index is -4.21. The number of aromatic nitrogens is 3. The largest absolute Gasteiger partial charge is 0.401 e. The molecular formula is C10H11F3N4. The number of rotatable bonds is 3. The van der Waals surface area contributed by atoms with Gasteiger partial charge in [-0.2, -0.15) is 13.2 Å². The molecule has 0 fully saturated rings. The van der Waals surface area contributed by atoms with Crippen LogP contribution in [0.15, 0.2) is 12.3 Å². The third kappa shape index (κ3) is 2.94. The van der Waals surface area contributed by atoms with Gasteiger partial charge in [-0.1, -0.05) is 0 Å². The molecule has 0 aliphatic carbocycles. The highest BCUT2D eigenvalue weighted by molar-refractivity contribution is 5.74. The van der Waals surface area contributed by atoms with Crippen LogP contribution < -0.4 is 5.32 Å². The van der Waals surface area contributed by atoms with Crippen molar-refractivity contribution in [1.29, 1.82) is 0 Å². The zero-order chi connectivity index (χ0) is 12.5. The number of aryl methyl sites for hydroxylation is 1. The average Bonchev–Trinajstić information content (AvgIpc) is 2.60. The van der Waals surface area contributed by atoms with Gasteiger partial charge in [-0.25, -0.2) is 9.97 Å². The Bertz CT molecular complexity index is 518. The summed E-state index contributed by atoms with van der Waals surface area (Å²) < 4.78 is 35.8. The number of fused-ring (bicyclic) bond motifs is 1. The van der Waals surface area contributed by atoms with Crippen molar-refractivity contribution in [3.05, 3.63) is 23.7 Å². The molecule has 2 aromatic rings. The minimum Gasteiger partial charge on any atom is -0.339 e. The Kier molecular flexibility index (Phi) is 3.01. The lowest BCUT2D eigenvalue weighted by molar-refractivity contribution is -0.125. The second-order valence-corrected chi connectivity index (χ2v) is 3.73.